The molecular weight excluding hydrogens is 294 g/mol. The van der Waals surface area contributed by atoms with Crippen LogP contribution in [-0.2, 0) is 6.42 Å². The molecule has 2 aromatic rings. The minimum Gasteiger partial charge on any atom is -0.493 e. The van der Waals surface area contributed by atoms with Crippen molar-refractivity contribution in [1.82, 2.24) is 10.7 Å². The van der Waals surface area contributed by atoms with E-state index < -0.39 is 0 Å². The highest BCUT2D eigenvalue weighted by Crippen LogP contribution is 2.12. The smallest absolute Gasteiger partial charge is 0.186 e. The highest BCUT2D eigenvalue weighted by atomic mass is 32.1. The van der Waals surface area contributed by atoms with Crippen LogP contribution in [0.3, 0.4) is 0 Å². The van der Waals surface area contributed by atoms with Gasteiger partial charge in [0.1, 0.15) is 5.75 Å². The summed E-state index contributed by atoms with van der Waals surface area (Å²) in [6, 6.07) is 18.1. The van der Waals surface area contributed by atoms with Crippen molar-refractivity contribution in [3.63, 3.8) is 0 Å². The van der Waals surface area contributed by atoms with Crippen LogP contribution in [0.1, 0.15) is 11.1 Å². The first kappa shape index (κ1) is 16.0. The summed E-state index contributed by atoms with van der Waals surface area (Å²) in [6.45, 7) is 0.646. The number of nitrogens with zero attached hydrogens (tertiary/aromatic N) is 1. The van der Waals surface area contributed by atoms with E-state index in [0.29, 0.717) is 11.7 Å². The van der Waals surface area contributed by atoms with Crippen molar-refractivity contribution in [2.45, 2.75) is 6.42 Å². The lowest BCUT2D eigenvalue weighted by Crippen LogP contribution is -2.28. The van der Waals surface area contributed by atoms with Crippen LogP contribution < -0.4 is 15.5 Å². The van der Waals surface area contributed by atoms with Gasteiger partial charge in [-0.15, -0.1) is 0 Å². The first-order valence-corrected chi connectivity index (χ1v) is 7.46. The average molecular weight is 313 g/mol. The molecule has 0 bridgehead atoms. The Morgan fingerprint density at radius 1 is 1.18 bits per heavy atom. The van der Waals surface area contributed by atoms with Crippen LogP contribution in [0.5, 0.6) is 5.75 Å². The van der Waals surface area contributed by atoms with Gasteiger partial charge in [0.25, 0.3) is 0 Å². The molecule has 0 atom stereocenters. The van der Waals surface area contributed by atoms with Crippen molar-refractivity contribution in [3.05, 3.63) is 65.7 Å². The Hall–Kier alpha value is -2.40. The van der Waals surface area contributed by atoms with Gasteiger partial charge in [0.05, 0.1) is 12.8 Å². The topological polar surface area (TPSA) is 45.7 Å². The minimum atomic E-state index is 0.478. The highest BCUT2D eigenvalue weighted by molar-refractivity contribution is 7.80. The Kier molecular flexibility index (Phi) is 6.39. The molecule has 0 aliphatic heterocycles. The molecule has 0 aliphatic carbocycles. The zero-order valence-corrected chi connectivity index (χ0v) is 13.3. The number of benzene rings is 2. The van der Waals surface area contributed by atoms with Crippen LogP contribution in [-0.4, -0.2) is 25.0 Å². The Morgan fingerprint density at radius 2 is 2.00 bits per heavy atom. The van der Waals surface area contributed by atoms with E-state index in [2.05, 4.69) is 28.0 Å². The number of rotatable bonds is 6. The fraction of sp³-hybridized carbons (Fsp3) is 0.176. The largest absolute Gasteiger partial charge is 0.493 e. The van der Waals surface area contributed by atoms with Gasteiger partial charge in [-0.05, 0) is 35.5 Å². The predicted octanol–water partition coefficient (Wildman–Crippen LogP) is 2.74. The van der Waals surface area contributed by atoms with E-state index in [1.54, 1.807) is 13.3 Å². The Labute approximate surface area is 136 Å². The van der Waals surface area contributed by atoms with E-state index in [-0.39, 0.29) is 0 Å². The molecule has 0 aliphatic rings. The fourth-order valence-electron chi connectivity index (χ4n) is 1.84. The van der Waals surface area contributed by atoms with Gasteiger partial charge in [0.2, 0.25) is 0 Å². The molecule has 114 valence electrons. The molecule has 2 aromatic carbocycles. The van der Waals surface area contributed by atoms with Crippen molar-refractivity contribution in [1.29, 1.82) is 0 Å². The molecule has 4 nitrogen and oxygen atoms in total. The summed E-state index contributed by atoms with van der Waals surface area (Å²) in [4.78, 5) is 0. The van der Waals surface area contributed by atoms with E-state index in [9.17, 15) is 0 Å². The molecule has 0 saturated carbocycles. The summed E-state index contributed by atoms with van der Waals surface area (Å²) < 4.78 is 5.78. The second-order valence-electron chi connectivity index (χ2n) is 4.61. The third-order valence-electron chi connectivity index (χ3n) is 2.97. The summed E-state index contributed by atoms with van der Waals surface area (Å²) in [5.41, 5.74) is 4.93. The van der Waals surface area contributed by atoms with Gasteiger partial charge in [0, 0.05) is 13.5 Å². The summed E-state index contributed by atoms with van der Waals surface area (Å²) in [6.07, 6.45) is 2.59. The van der Waals surface area contributed by atoms with Gasteiger partial charge in [-0.1, -0.05) is 42.5 Å². The summed E-state index contributed by atoms with van der Waals surface area (Å²) in [5, 5.41) is 7.31. The standard InChI is InChI=1S/C17H19N3OS/c1-18-17(22)20-19-13-15-8-5-9-16(12-15)21-11-10-14-6-3-2-4-7-14/h2-9,12-13H,10-11H2,1H3,(H2,18,20,22). The van der Waals surface area contributed by atoms with Gasteiger partial charge in [-0.25, -0.2) is 0 Å². The quantitative estimate of drug-likeness (QED) is 0.489. The van der Waals surface area contributed by atoms with Crippen molar-refractivity contribution >= 4 is 23.5 Å². The van der Waals surface area contributed by atoms with Crippen LogP contribution in [0.4, 0.5) is 0 Å². The maximum Gasteiger partial charge on any atom is 0.186 e. The first-order valence-electron chi connectivity index (χ1n) is 7.05. The number of hydrogen-bond acceptors (Lipinski definition) is 3. The van der Waals surface area contributed by atoms with E-state index in [1.807, 2.05) is 42.5 Å². The lowest BCUT2D eigenvalue weighted by atomic mass is 10.2. The van der Waals surface area contributed by atoms with E-state index >= 15 is 0 Å². The molecule has 22 heavy (non-hydrogen) atoms. The third kappa shape index (κ3) is 5.54. The third-order valence-corrected chi connectivity index (χ3v) is 3.26. The van der Waals surface area contributed by atoms with Crippen LogP contribution in [0.2, 0.25) is 0 Å². The van der Waals surface area contributed by atoms with Crippen molar-refractivity contribution < 1.29 is 4.74 Å². The lowest BCUT2D eigenvalue weighted by molar-refractivity contribution is 0.322. The number of hydrogen-bond donors (Lipinski definition) is 2. The fourth-order valence-corrected chi connectivity index (χ4v) is 1.89. The van der Waals surface area contributed by atoms with E-state index in [1.165, 1.54) is 5.56 Å². The molecule has 0 saturated heterocycles. The highest BCUT2D eigenvalue weighted by Gasteiger charge is 1.97. The lowest BCUT2D eigenvalue weighted by Gasteiger charge is -2.07. The Balaban J connectivity index is 1.84. The molecule has 2 rings (SSSR count). The summed E-state index contributed by atoms with van der Waals surface area (Å²) in [7, 11) is 1.74. The zero-order chi connectivity index (χ0) is 15.6. The molecular formula is C17H19N3OS. The van der Waals surface area contributed by atoms with Crippen LogP contribution in [0.15, 0.2) is 59.7 Å². The van der Waals surface area contributed by atoms with Crippen molar-refractivity contribution in [2.24, 2.45) is 5.10 Å². The first-order chi connectivity index (χ1) is 10.8. The van der Waals surface area contributed by atoms with Gasteiger partial charge >= 0.3 is 0 Å². The molecule has 0 aromatic heterocycles. The Morgan fingerprint density at radius 3 is 2.77 bits per heavy atom. The van der Waals surface area contributed by atoms with Gasteiger partial charge in [0.15, 0.2) is 5.11 Å². The number of nitrogens with one attached hydrogen (secondary N) is 2. The van der Waals surface area contributed by atoms with Gasteiger partial charge in [-0.2, -0.15) is 5.10 Å². The van der Waals surface area contributed by atoms with Crippen LogP contribution in [0.25, 0.3) is 0 Å². The number of hydrazone groups is 1. The molecule has 0 radical (unpaired) electrons. The summed E-state index contributed by atoms with van der Waals surface area (Å²) in [5.74, 6) is 0.830. The molecule has 0 fully saturated rings. The number of ether oxygens (including phenoxy) is 1. The monoisotopic (exact) mass is 313 g/mol. The van der Waals surface area contributed by atoms with Gasteiger partial charge < -0.3 is 10.1 Å². The molecule has 0 spiro atoms. The maximum absolute atomic E-state index is 5.78. The van der Waals surface area contributed by atoms with Gasteiger partial charge in [-0.3, -0.25) is 5.43 Å². The Bertz CT molecular complexity index is 629. The van der Waals surface area contributed by atoms with Crippen LogP contribution in [0, 0.1) is 0 Å². The van der Waals surface area contributed by atoms with E-state index in [0.717, 1.165) is 17.7 Å². The molecule has 5 heteroatoms. The molecule has 0 heterocycles. The summed E-state index contributed by atoms with van der Waals surface area (Å²) >= 11 is 4.94. The second-order valence-corrected chi connectivity index (χ2v) is 5.01. The maximum atomic E-state index is 5.78. The second kappa shape index (κ2) is 8.79. The normalized spacial score (nSPS) is 10.4. The van der Waals surface area contributed by atoms with Crippen LogP contribution >= 0.6 is 12.2 Å². The number of thiocarbonyl (C=S) groups is 1. The SMILES string of the molecule is CNC(=S)NN=Cc1cccc(OCCc2ccccc2)c1. The molecule has 2 N–H and O–H groups in total. The van der Waals surface area contributed by atoms with E-state index in [4.69, 9.17) is 17.0 Å². The zero-order valence-electron chi connectivity index (χ0n) is 12.5. The van der Waals surface area contributed by atoms with Crippen molar-refractivity contribution in [2.75, 3.05) is 13.7 Å². The molecule has 0 amide bonds. The predicted molar refractivity (Wildman–Crippen MR) is 94.5 cm³/mol. The molecule has 0 unspecified atom stereocenters. The minimum absolute atomic E-state index is 0.478. The average Bonchev–Trinajstić information content (AvgIpc) is 2.56. The van der Waals surface area contributed by atoms with Crippen molar-refractivity contribution in [3.8, 4) is 5.75 Å².